The van der Waals surface area contributed by atoms with E-state index in [0.29, 0.717) is 23.7 Å². The number of ether oxygens (including phenoxy) is 2. The lowest BCUT2D eigenvalue weighted by Gasteiger charge is -2.06. The molecule has 0 saturated carbocycles. The van der Waals surface area contributed by atoms with Crippen LogP contribution in [0.25, 0.3) is 6.08 Å². The Morgan fingerprint density at radius 1 is 1.04 bits per heavy atom. The molecule has 0 unspecified atom stereocenters. The molecule has 0 saturated heterocycles. The number of hydrogen-bond acceptors (Lipinski definition) is 4. The van der Waals surface area contributed by atoms with E-state index in [-0.39, 0.29) is 5.78 Å². The number of esters is 1. The molecule has 0 fully saturated rings. The fraction of sp³-hybridized carbons (Fsp3) is 0.158. The summed E-state index contributed by atoms with van der Waals surface area (Å²) in [5, 5.41) is 0. The van der Waals surface area contributed by atoms with E-state index in [9.17, 15) is 9.59 Å². The first-order valence-electron chi connectivity index (χ1n) is 7.33. The van der Waals surface area contributed by atoms with Crippen LogP contribution in [0, 0.1) is 0 Å². The van der Waals surface area contributed by atoms with Gasteiger partial charge >= 0.3 is 5.97 Å². The molecule has 0 N–H and O–H groups in total. The van der Waals surface area contributed by atoms with Crippen molar-refractivity contribution < 1.29 is 19.1 Å². The topological polar surface area (TPSA) is 52.6 Å². The average molecular weight is 310 g/mol. The Labute approximate surface area is 135 Å². The van der Waals surface area contributed by atoms with E-state index in [1.54, 1.807) is 30.3 Å². The van der Waals surface area contributed by atoms with Gasteiger partial charge in [-0.1, -0.05) is 18.2 Å². The van der Waals surface area contributed by atoms with Crippen molar-refractivity contribution >= 4 is 17.8 Å². The van der Waals surface area contributed by atoms with Gasteiger partial charge in [0.2, 0.25) is 0 Å². The Bertz CT molecular complexity index is 714. The van der Waals surface area contributed by atoms with Crippen molar-refractivity contribution in [1.82, 2.24) is 0 Å². The van der Waals surface area contributed by atoms with Crippen LogP contribution in [0.3, 0.4) is 0 Å². The lowest BCUT2D eigenvalue weighted by atomic mass is 10.1. The van der Waals surface area contributed by atoms with Crippen LogP contribution in [0.5, 0.6) is 11.5 Å². The number of hydrogen-bond donors (Lipinski definition) is 0. The summed E-state index contributed by atoms with van der Waals surface area (Å²) in [5.41, 5.74) is 1.38. The predicted octanol–water partition coefficient (Wildman–Crippen LogP) is 3.91. The van der Waals surface area contributed by atoms with Gasteiger partial charge in [0.15, 0.2) is 5.78 Å². The molecule has 118 valence electrons. The Hall–Kier alpha value is -2.88. The zero-order chi connectivity index (χ0) is 16.7. The summed E-state index contributed by atoms with van der Waals surface area (Å²) >= 11 is 0. The molecule has 4 heteroatoms. The molecule has 0 atom stereocenters. The number of benzene rings is 2. The Morgan fingerprint density at radius 3 is 2.39 bits per heavy atom. The van der Waals surface area contributed by atoms with E-state index in [0.717, 1.165) is 5.56 Å². The van der Waals surface area contributed by atoms with Crippen molar-refractivity contribution in [1.29, 1.82) is 0 Å². The van der Waals surface area contributed by atoms with Gasteiger partial charge in [0.05, 0.1) is 6.61 Å². The third kappa shape index (κ3) is 4.81. The molecule has 0 spiro atoms. The Morgan fingerprint density at radius 2 is 1.74 bits per heavy atom. The molecule has 2 aromatic rings. The molecule has 2 rings (SSSR count). The average Bonchev–Trinajstić information content (AvgIpc) is 2.55. The van der Waals surface area contributed by atoms with E-state index in [1.165, 1.54) is 13.0 Å². The summed E-state index contributed by atoms with van der Waals surface area (Å²) in [4.78, 5) is 23.0. The lowest BCUT2D eigenvalue weighted by Crippen LogP contribution is -2.04. The maximum atomic E-state index is 11.9. The van der Waals surface area contributed by atoms with Crippen molar-refractivity contribution in [2.24, 2.45) is 0 Å². The normalized spacial score (nSPS) is 10.5. The molecule has 0 bridgehead atoms. The summed E-state index contributed by atoms with van der Waals surface area (Å²) in [6.07, 6.45) is 2.99. The molecular weight excluding hydrogens is 292 g/mol. The molecule has 0 radical (unpaired) electrons. The van der Waals surface area contributed by atoms with Crippen molar-refractivity contribution in [3.05, 3.63) is 65.7 Å². The summed E-state index contributed by atoms with van der Waals surface area (Å²) in [6, 6.07) is 13.9. The first-order chi connectivity index (χ1) is 11.1. The first kappa shape index (κ1) is 16.5. The number of ketones is 1. The number of rotatable bonds is 6. The summed E-state index contributed by atoms with van der Waals surface area (Å²) in [6.45, 7) is 3.94. The van der Waals surface area contributed by atoms with Gasteiger partial charge in [0, 0.05) is 17.2 Å². The minimum absolute atomic E-state index is 0.0321. The van der Waals surface area contributed by atoms with E-state index >= 15 is 0 Å². The second-order valence-electron chi connectivity index (χ2n) is 4.81. The highest BCUT2D eigenvalue weighted by Gasteiger charge is 2.04. The lowest BCUT2D eigenvalue weighted by molar-refractivity contribution is -0.128. The third-order valence-corrected chi connectivity index (χ3v) is 3.10. The molecule has 0 aliphatic heterocycles. The van der Waals surface area contributed by atoms with E-state index in [2.05, 4.69) is 0 Å². The van der Waals surface area contributed by atoms with Crippen molar-refractivity contribution in [2.45, 2.75) is 13.8 Å². The molecule has 0 amide bonds. The number of para-hydroxylation sites is 1. The molecule has 23 heavy (non-hydrogen) atoms. The third-order valence-electron chi connectivity index (χ3n) is 3.10. The maximum absolute atomic E-state index is 11.9. The van der Waals surface area contributed by atoms with E-state index in [4.69, 9.17) is 9.47 Å². The largest absolute Gasteiger partial charge is 0.493 e. The standard InChI is InChI=1S/C19H18O4/c1-3-22-18-7-5-4-6-16(18)10-13-19(21)23-17-11-8-15(9-12-17)14(2)20/h4-13H,3H2,1-2H3/b13-10+. The van der Waals surface area contributed by atoms with Crippen LogP contribution >= 0.6 is 0 Å². The minimum atomic E-state index is -0.494. The van der Waals surface area contributed by atoms with Crippen LogP contribution in [0.1, 0.15) is 29.8 Å². The van der Waals surface area contributed by atoms with Crippen LogP contribution in [0.4, 0.5) is 0 Å². The van der Waals surface area contributed by atoms with Crippen molar-refractivity contribution in [3.63, 3.8) is 0 Å². The summed E-state index contributed by atoms with van der Waals surface area (Å²) < 4.78 is 10.7. The zero-order valence-electron chi connectivity index (χ0n) is 13.1. The Kier molecular flexibility index (Phi) is 5.69. The zero-order valence-corrected chi connectivity index (χ0v) is 13.1. The minimum Gasteiger partial charge on any atom is -0.493 e. The van der Waals surface area contributed by atoms with E-state index in [1.807, 2.05) is 31.2 Å². The highest BCUT2D eigenvalue weighted by Crippen LogP contribution is 2.19. The van der Waals surface area contributed by atoms with Gasteiger partial charge in [0.1, 0.15) is 11.5 Å². The number of Topliss-reactive ketones (excluding diaryl/α,β-unsaturated/α-hetero) is 1. The van der Waals surface area contributed by atoms with Gasteiger partial charge in [-0.2, -0.15) is 0 Å². The monoisotopic (exact) mass is 310 g/mol. The molecule has 0 aliphatic rings. The quantitative estimate of drug-likeness (QED) is 0.351. The summed E-state index contributed by atoms with van der Waals surface area (Å²) in [7, 11) is 0. The van der Waals surface area contributed by atoms with Crippen molar-refractivity contribution in [3.8, 4) is 11.5 Å². The van der Waals surface area contributed by atoms with Crippen molar-refractivity contribution in [2.75, 3.05) is 6.61 Å². The SMILES string of the molecule is CCOc1ccccc1/C=C/C(=O)Oc1ccc(C(C)=O)cc1. The molecule has 0 aliphatic carbocycles. The van der Waals surface area contributed by atoms with Gasteiger partial charge in [-0.05, 0) is 50.3 Å². The highest BCUT2D eigenvalue weighted by atomic mass is 16.5. The second kappa shape index (κ2) is 7.94. The van der Waals surface area contributed by atoms with Crippen LogP contribution in [0.2, 0.25) is 0 Å². The molecule has 0 aromatic heterocycles. The Balaban J connectivity index is 2.03. The van der Waals surface area contributed by atoms with Gasteiger partial charge in [0.25, 0.3) is 0 Å². The smallest absolute Gasteiger partial charge is 0.336 e. The molecule has 0 heterocycles. The predicted molar refractivity (Wildman–Crippen MR) is 88.7 cm³/mol. The molecule has 4 nitrogen and oxygen atoms in total. The van der Waals surface area contributed by atoms with Crippen LogP contribution in [0.15, 0.2) is 54.6 Å². The van der Waals surface area contributed by atoms with Crippen LogP contribution in [-0.2, 0) is 4.79 Å². The first-order valence-corrected chi connectivity index (χ1v) is 7.33. The van der Waals surface area contributed by atoms with Crippen LogP contribution in [-0.4, -0.2) is 18.4 Å². The summed E-state index contributed by atoms with van der Waals surface area (Å²) in [5.74, 6) is 0.579. The second-order valence-corrected chi connectivity index (χ2v) is 4.81. The fourth-order valence-corrected chi connectivity index (χ4v) is 1.97. The van der Waals surface area contributed by atoms with Gasteiger partial charge in [-0.3, -0.25) is 4.79 Å². The van der Waals surface area contributed by atoms with Gasteiger partial charge in [-0.25, -0.2) is 4.79 Å². The molecule has 2 aromatic carbocycles. The highest BCUT2D eigenvalue weighted by molar-refractivity contribution is 5.94. The van der Waals surface area contributed by atoms with E-state index < -0.39 is 5.97 Å². The molecular formula is C19H18O4. The maximum Gasteiger partial charge on any atom is 0.336 e. The van der Waals surface area contributed by atoms with Crippen LogP contribution < -0.4 is 9.47 Å². The van der Waals surface area contributed by atoms with Gasteiger partial charge in [-0.15, -0.1) is 0 Å². The van der Waals surface area contributed by atoms with Gasteiger partial charge < -0.3 is 9.47 Å². The number of carbonyl (C=O) groups excluding carboxylic acids is 2. The fourth-order valence-electron chi connectivity index (χ4n) is 1.97. The number of carbonyl (C=O) groups is 2.